The van der Waals surface area contributed by atoms with Gasteiger partial charge in [-0.2, -0.15) is 0 Å². The molecule has 0 atom stereocenters. The van der Waals surface area contributed by atoms with Crippen LogP contribution in [0.2, 0.25) is 5.02 Å². The van der Waals surface area contributed by atoms with Crippen molar-refractivity contribution in [2.45, 2.75) is 12.7 Å². The van der Waals surface area contributed by atoms with Gasteiger partial charge in [0.15, 0.2) is 0 Å². The van der Waals surface area contributed by atoms with E-state index in [0.29, 0.717) is 16.3 Å². The zero-order chi connectivity index (χ0) is 16.9. The minimum Gasteiger partial charge on any atom is -0.492 e. The highest BCUT2D eigenvalue weighted by Crippen LogP contribution is 2.21. The van der Waals surface area contributed by atoms with Crippen LogP contribution in [0, 0.1) is 12.7 Å². The van der Waals surface area contributed by atoms with E-state index in [1.165, 1.54) is 24.3 Å². The van der Waals surface area contributed by atoms with Crippen molar-refractivity contribution in [1.29, 1.82) is 0 Å². The molecule has 0 saturated carbocycles. The van der Waals surface area contributed by atoms with Gasteiger partial charge in [0.1, 0.15) is 18.2 Å². The van der Waals surface area contributed by atoms with Crippen molar-refractivity contribution >= 4 is 21.6 Å². The van der Waals surface area contributed by atoms with Crippen LogP contribution < -0.4 is 9.46 Å². The van der Waals surface area contributed by atoms with Crippen LogP contribution in [0.4, 0.5) is 4.39 Å². The summed E-state index contributed by atoms with van der Waals surface area (Å²) in [7, 11) is -3.50. The van der Waals surface area contributed by atoms with Gasteiger partial charge in [0, 0.05) is 11.6 Å². The van der Waals surface area contributed by atoms with Gasteiger partial charge in [-0.1, -0.05) is 29.8 Å². The van der Waals surface area contributed by atoms with Crippen molar-refractivity contribution in [3.05, 3.63) is 64.4 Å². The van der Waals surface area contributed by atoms with E-state index in [0.717, 1.165) is 5.56 Å². The van der Waals surface area contributed by atoms with Crippen LogP contribution in [0.1, 0.15) is 11.1 Å². The van der Waals surface area contributed by atoms with Gasteiger partial charge in [0.05, 0.1) is 5.75 Å². The highest BCUT2D eigenvalue weighted by Gasteiger charge is 2.11. The first-order valence-corrected chi connectivity index (χ1v) is 8.99. The molecule has 1 N–H and O–H groups in total. The van der Waals surface area contributed by atoms with Crippen LogP contribution in [-0.2, 0) is 15.8 Å². The Bertz CT molecular complexity index is 763. The molecular formula is C16H17ClFNO3S. The predicted molar refractivity (Wildman–Crippen MR) is 88.7 cm³/mol. The second kappa shape index (κ2) is 7.77. The lowest BCUT2D eigenvalue weighted by Gasteiger charge is -2.09. The molecule has 2 aromatic carbocycles. The maximum Gasteiger partial charge on any atom is 0.215 e. The number of nitrogens with one attached hydrogen (secondary N) is 1. The number of benzene rings is 2. The lowest BCUT2D eigenvalue weighted by Crippen LogP contribution is -2.29. The summed E-state index contributed by atoms with van der Waals surface area (Å²) in [5.74, 6) is -0.0218. The SMILES string of the molecule is Cc1ccc(OCCNS(=O)(=O)Cc2ccc(F)cc2)cc1Cl. The molecule has 23 heavy (non-hydrogen) atoms. The summed E-state index contributed by atoms with van der Waals surface area (Å²) in [6, 6.07) is 10.6. The first-order chi connectivity index (χ1) is 10.9. The Balaban J connectivity index is 1.80. The van der Waals surface area contributed by atoms with Crippen molar-refractivity contribution in [2.24, 2.45) is 0 Å². The van der Waals surface area contributed by atoms with Crippen molar-refractivity contribution in [1.82, 2.24) is 4.72 Å². The summed E-state index contributed by atoms with van der Waals surface area (Å²) >= 11 is 5.98. The summed E-state index contributed by atoms with van der Waals surface area (Å²) in [6.07, 6.45) is 0. The monoisotopic (exact) mass is 357 g/mol. The Hall–Kier alpha value is -1.63. The molecule has 0 aromatic heterocycles. The fourth-order valence-electron chi connectivity index (χ4n) is 1.88. The molecule has 0 bridgehead atoms. The van der Waals surface area contributed by atoms with E-state index < -0.39 is 15.8 Å². The third-order valence-corrected chi connectivity index (χ3v) is 4.87. The van der Waals surface area contributed by atoms with E-state index in [2.05, 4.69) is 4.72 Å². The number of halogens is 2. The second-order valence-corrected chi connectivity index (χ2v) is 7.25. The topological polar surface area (TPSA) is 55.4 Å². The molecule has 0 aliphatic rings. The van der Waals surface area contributed by atoms with Crippen molar-refractivity contribution < 1.29 is 17.5 Å². The molecule has 2 rings (SSSR count). The molecule has 7 heteroatoms. The Labute approximate surface area is 140 Å². The Morgan fingerprint density at radius 1 is 1.17 bits per heavy atom. The van der Waals surface area contributed by atoms with Crippen molar-refractivity contribution in [2.75, 3.05) is 13.2 Å². The standard InChI is InChI=1S/C16H17ClFNO3S/c1-12-2-7-15(10-16(12)17)22-9-8-19-23(20,21)11-13-3-5-14(18)6-4-13/h2-7,10,19H,8-9,11H2,1H3. The first kappa shape index (κ1) is 17.7. The molecule has 4 nitrogen and oxygen atoms in total. The molecule has 0 heterocycles. The van der Waals surface area contributed by atoms with E-state index in [1.807, 2.05) is 13.0 Å². The number of aryl methyl sites for hydroxylation is 1. The van der Waals surface area contributed by atoms with E-state index in [1.54, 1.807) is 12.1 Å². The molecule has 0 aliphatic carbocycles. The van der Waals surface area contributed by atoms with E-state index in [9.17, 15) is 12.8 Å². The lowest BCUT2D eigenvalue weighted by molar-refractivity contribution is 0.323. The molecule has 0 amide bonds. The highest BCUT2D eigenvalue weighted by atomic mass is 35.5. The first-order valence-electron chi connectivity index (χ1n) is 6.96. The summed E-state index contributed by atoms with van der Waals surface area (Å²) in [5, 5.41) is 0.597. The normalized spacial score (nSPS) is 11.4. The smallest absolute Gasteiger partial charge is 0.215 e. The minimum atomic E-state index is -3.50. The summed E-state index contributed by atoms with van der Waals surface area (Å²) < 4.78 is 44.5. The largest absolute Gasteiger partial charge is 0.492 e. The molecule has 0 saturated heterocycles. The highest BCUT2D eigenvalue weighted by molar-refractivity contribution is 7.88. The Morgan fingerprint density at radius 3 is 2.52 bits per heavy atom. The van der Waals surface area contributed by atoms with Gasteiger partial charge in [0.2, 0.25) is 10.0 Å². The number of sulfonamides is 1. The van der Waals surface area contributed by atoms with Crippen LogP contribution in [0.3, 0.4) is 0 Å². The number of hydrogen-bond donors (Lipinski definition) is 1. The fourth-order valence-corrected chi connectivity index (χ4v) is 3.18. The summed E-state index contributed by atoms with van der Waals surface area (Å²) in [6.45, 7) is 2.20. The molecule has 0 fully saturated rings. The zero-order valence-electron chi connectivity index (χ0n) is 12.6. The maximum atomic E-state index is 12.8. The molecular weight excluding hydrogens is 341 g/mol. The quantitative estimate of drug-likeness (QED) is 0.774. The summed E-state index contributed by atoms with van der Waals surface area (Å²) in [4.78, 5) is 0. The van der Waals surface area contributed by atoms with E-state index >= 15 is 0 Å². The zero-order valence-corrected chi connectivity index (χ0v) is 14.1. The lowest BCUT2D eigenvalue weighted by atomic mass is 10.2. The summed E-state index contributed by atoms with van der Waals surface area (Å²) in [5.41, 5.74) is 1.46. The van der Waals surface area contributed by atoms with Crippen LogP contribution in [0.15, 0.2) is 42.5 Å². The fraction of sp³-hybridized carbons (Fsp3) is 0.250. The van der Waals surface area contributed by atoms with Crippen molar-refractivity contribution in [3.8, 4) is 5.75 Å². The molecule has 2 aromatic rings. The van der Waals surface area contributed by atoms with Gasteiger partial charge in [0.25, 0.3) is 0 Å². The van der Waals surface area contributed by atoms with Crippen molar-refractivity contribution in [3.63, 3.8) is 0 Å². The number of ether oxygens (including phenoxy) is 1. The van der Waals surface area contributed by atoms with Gasteiger partial charge < -0.3 is 4.74 Å². The van der Waals surface area contributed by atoms with Crippen LogP contribution in [-0.4, -0.2) is 21.6 Å². The average molecular weight is 358 g/mol. The van der Waals surface area contributed by atoms with Crippen LogP contribution in [0.25, 0.3) is 0 Å². The van der Waals surface area contributed by atoms with Gasteiger partial charge in [-0.3, -0.25) is 0 Å². The third kappa shape index (κ3) is 5.82. The van der Waals surface area contributed by atoms with Crippen LogP contribution in [0.5, 0.6) is 5.75 Å². The maximum absolute atomic E-state index is 12.8. The van der Waals surface area contributed by atoms with Crippen LogP contribution >= 0.6 is 11.6 Å². The molecule has 124 valence electrons. The van der Waals surface area contributed by atoms with Gasteiger partial charge in [-0.05, 0) is 42.3 Å². The Morgan fingerprint density at radius 2 is 1.87 bits per heavy atom. The molecule has 0 unspecified atom stereocenters. The Kier molecular flexibility index (Phi) is 5.98. The van der Waals surface area contributed by atoms with E-state index in [4.69, 9.17) is 16.3 Å². The predicted octanol–water partition coefficient (Wildman–Crippen LogP) is 3.29. The molecule has 0 radical (unpaired) electrons. The average Bonchev–Trinajstić information content (AvgIpc) is 2.49. The van der Waals surface area contributed by atoms with E-state index in [-0.39, 0.29) is 18.9 Å². The number of hydrogen-bond acceptors (Lipinski definition) is 3. The minimum absolute atomic E-state index is 0.134. The molecule has 0 aliphatic heterocycles. The van der Waals surface area contributed by atoms with Gasteiger partial charge >= 0.3 is 0 Å². The van der Waals surface area contributed by atoms with Gasteiger partial charge in [-0.15, -0.1) is 0 Å². The van der Waals surface area contributed by atoms with Gasteiger partial charge in [-0.25, -0.2) is 17.5 Å². The number of rotatable bonds is 7. The second-order valence-electron chi connectivity index (χ2n) is 5.04. The third-order valence-electron chi connectivity index (χ3n) is 3.11. The molecule has 0 spiro atoms.